The molecule has 0 atom stereocenters. The van der Waals surface area contributed by atoms with E-state index in [1.807, 2.05) is 66.7 Å². The van der Waals surface area contributed by atoms with Gasteiger partial charge in [0.2, 0.25) is 0 Å². The summed E-state index contributed by atoms with van der Waals surface area (Å²) < 4.78 is 10.5. The van der Waals surface area contributed by atoms with Crippen molar-refractivity contribution in [2.75, 3.05) is 7.11 Å². The number of nitrogens with zero attached hydrogens (tertiary/aromatic N) is 1. The van der Waals surface area contributed by atoms with E-state index in [4.69, 9.17) is 21.7 Å². The molecule has 0 aliphatic heterocycles. The van der Waals surface area contributed by atoms with Gasteiger partial charge in [-0.2, -0.15) is 5.10 Å². The monoisotopic (exact) mass is 433 g/mol. The standard InChI is InChI=1S/C24H23N3O3S/c1-29-23(28)21-11-7-20(8-12-21)17-30-22-13-9-19(10-14-22)16-26-27-24(31)25-15-18-5-3-2-4-6-18/h2-14,16H,15,17H2,1H3,(H2,25,27,31)/b26-16-. The Labute approximate surface area is 186 Å². The van der Waals surface area contributed by atoms with Crippen LogP contribution in [0.3, 0.4) is 0 Å². The lowest BCUT2D eigenvalue weighted by Crippen LogP contribution is -2.31. The smallest absolute Gasteiger partial charge is 0.337 e. The minimum Gasteiger partial charge on any atom is -0.489 e. The highest BCUT2D eigenvalue weighted by atomic mass is 32.1. The van der Waals surface area contributed by atoms with Gasteiger partial charge >= 0.3 is 5.97 Å². The molecule has 31 heavy (non-hydrogen) atoms. The predicted octanol–water partition coefficient (Wildman–Crippen LogP) is 4.05. The summed E-state index contributed by atoms with van der Waals surface area (Å²) >= 11 is 5.22. The van der Waals surface area contributed by atoms with Crippen molar-refractivity contribution in [2.24, 2.45) is 5.10 Å². The van der Waals surface area contributed by atoms with Crippen molar-refractivity contribution in [1.82, 2.24) is 10.7 Å². The van der Waals surface area contributed by atoms with Crippen molar-refractivity contribution < 1.29 is 14.3 Å². The largest absolute Gasteiger partial charge is 0.489 e. The molecule has 0 fully saturated rings. The van der Waals surface area contributed by atoms with E-state index in [-0.39, 0.29) is 5.97 Å². The molecule has 0 aliphatic rings. The van der Waals surface area contributed by atoms with Gasteiger partial charge in [-0.1, -0.05) is 42.5 Å². The molecule has 7 heteroatoms. The second-order valence-electron chi connectivity index (χ2n) is 6.58. The first-order chi connectivity index (χ1) is 15.1. The van der Waals surface area contributed by atoms with E-state index in [0.29, 0.717) is 23.8 Å². The van der Waals surface area contributed by atoms with Gasteiger partial charge in [0, 0.05) is 6.54 Å². The summed E-state index contributed by atoms with van der Waals surface area (Å²) in [5, 5.41) is 7.71. The van der Waals surface area contributed by atoms with E-state index in [9.17, 15) is 4.79 Å². The Morgan fingerprint density at radius 3 is 2.35 bits per heavy atom. The number of esters is 1. The van der Waals surface area contributed by atoms with E-state index >= 15 is 0 Å². The van der Waals surface area contributed by atoms with Crippen molar-refractivity contribution in [1.29, 1.82) is 0 Å². The molecular weight excluding hydrogens is 410 g/mol. The highest BCUT2D eigenvalue weighted by molar-refractivity contribution is 7.80. The Morgan fingerprint density at radius 2 is 1.68 bits per heavy atom. The molecule has 0 aliphatic carbocycles. The number of hydrazone groups is 1. The average molecular weight is 434 g/mol. The zero-order valence-corrected chi connectivity index (χ0v) is 17.9. The maximum absolute atomic E-state index is 11.5. The molecule has 0 bridgehead atoms. The molecule has 0 heterocycles. The van der Waals surface area contributed by atoms with E-state index < -0.39 is 0 Å². The summed E-state index contributed by atoms with van der Waals surface area (Å²) in [5.41, 5.74) is 6.33. The number of thiocarbonyl (C=S) groups is 1. The van der Waals surface area contributed by atoms with Crippen molar-refractivity contribution >= 4 is 29.5 Å². The van der Waals surface area contributed by atoms with E-state index in [1.54, 1.807) is 18.3 Å². The zero-order chi connectivity index (χ0) is 21.9. The van der Waals surface area contributed by atoms with Gasteiger partial charge in [-0.3, -0.25) is 5.43 Å². The summed E-state index contributed by atoms with van der Waals surface area (Å²) in [6.07, 6.45) is 1.69. The number of ether oxygens (including phenoxy) is 2. The molecule has 0 aromatic heterocycles. The quantitative estimate of drug-likeness (QED) is 0.242. The number of hydrogen-bond acceptors (Lipinski definition) is 5. The molecule has 158 valence electrons. The summed E-state index contributed by atoms with van der Waals surface area (Å²) in [6, 6.07) is 24.7. The summed E-state index contributed by atoms with van der Waals surface area (Å²) in [7, 11) is 1.36. The number of carbonyl (C=O) groups is 1. The van der Waals surface area contributed by atoms with Crippen LogP contribution in [0.5, 0.6) is 5.75 Å². The summed E-state index contributed by atoms with van der Waals surface area (Å²) in [6.45, 7) is 1.04. The lowest BCUT2D eigenvalue weighted by Gasteiger charge is -2.08. The molecule has 0 radical (unpaired) electrons. The molecule has 3 aromatic rings. The van der Waals surface area contributed by atoms with E-state index in [1.165, 1.54) is 7.11 Å². The Balaban J connectivity index is 1.42. The van der Waals surface area contributed by atoms with Gasteiger partial charge in [-0.15, -0.1) is 0 Å². The fraction of sp³-hybridized carbons (Fsp3) is 0.125. The molecule has 6 nitrogen and oxygen atoms in total. The van der Waals surface area contributed by atoms with Crippen LogP contribution in [0.2, 0.25) is 0 Å². The molecule has 2 N–H and O–H groups in total. The minimum absolute atomic E-state index is 0.355. The number of nitrogens with one attached hydrogen (secondary N) is 2. The number of benzene rings is 3. The number of hydrogen-bond donors (Lipinski definition) is 2. The molecule has 0 amide bonds. The SMILES string of the molecule is COC(=O)c1ccc(COc2ccc(/C=N\NC(=S)NCc3ccccc3)cc2)cc1. The molecule has 0 unspecified atom stereocenters. The van der Waals surface area contributed by atoms with E-state index in [2.05, 4.69) is 15.8 Å². The van der Waals surface area contributed by atoms with Crippen molar-refractivity contribution in [3.05, 3.63) is 101 Å². The normalized spacial score (nSPS) is 10.5. The Morgan fingerprint density at radius 1 is 0.968 bits per heavy atom. The van der Waals surface area contributed by atoms with Crippen LogP contribution < -0.4 is 15.5 Å². The van der Waals surface area contributed by atoms with Crippen LogP contribution in [0.4, 0.5) is 0 Å². The van der Waals surface area contributed by atoms with Gasteiger partial charge in [0.15, 0.2) is 5.11 Å². The van der Waals surface area contributed by atoms with Gasteiger partial charge in [0.25, 0.3) is 0 Å². The fourth-order valence-electron chi connectivity index (χ4n) is 2.65. The van der Waals surface area contributed by atoms with Crippen molar-refractivity contribution in [3.63, 3.8) is 0 Å². The lowest BCUT2D eigenvalue weighted by molar-refractivity contribution is 0.0600. The number of methoxy groups -OCH3 is 1. The third-order valence-electron chi connectivity index (χ3n) is 4.34. The van der Waals surface area contributed by atoms with Crippen LogP contribution in [-0.2, 0) is 17.9 Å². The second-order valence-corrected chi connectivity index (χ2v) is 6.99. The molecular formula is C24H23N3O3S. The average Bonchev–Trinajstić information content (AvgIpc) is 2.83. The first kappa shape index (κ1) is 22.0. The third kappa shape index (κ3) is 7.24. The number of carbonyl (C=O) groups excluding carboxylic acids is 1. The number of rotatable bonds is 8. The second kappa shape index (κ2) is 11.5. The van der Waals surface area contributed by atoms with Crippen LogP contribution in [0.15, 0.2) is 84.0 Å². The summed E-state index contributed by atoms with van der Waals surface area (Å²) in [5.74, 6) is 0.383. The zero-order valence-electron chi connectivity index (χ0n) is 17.1. The Bertz CT molecular complexity index is 1020. The topological polar surface area (TPSA) is 72.0 Å². The Hall–Kier alpha value is -3.71. The summed E-state index contributed by atoms with van der Waals surface area (Å²) in [4.78, 5) is 11.5. The van der Waals surface area contributed by atoms with Gasteiger partial charge in [0.1, 0.15) is 12.4 Å². The van der Waals surface area contributed by atoms with Crippen molar-refractivity contribution in [2.45, 2.75) is 13.2 Å². The highest BCUT2D eigenvalue weighted by Crippen LogP contribution is 2.14. The van der Waals surface area contributed by atoms with Gasteiger partial charge in [-0.25, -0.2) is 4.79 Å². The van der Waals surface area contributed by atoms with Crippen LogP contribution in [0, 0.1) is 0 Å². The molecule has 0 saturated carbocycles. The fourth-order valence-corrected chi connectivity index (χ4v) is 2.78. The first-order valence-corrected chi connectivity index (χ1v) is 10.1. The molecule has 0 spiro atoms. The maximum atomic E-state index is 11.5. The minimum atomic E-state index is -0.355. The molecule has 0 saturated heterocycles. The molecule has 3 rings (SSSR count). The van der Waals surface area contributed by atoms with Crippen LogP contribution in [0.1, 0.15) is 27.0 Å². The van der Waals surface area contributed by atoms with Crippen LogP contribution in [0.25, 0.3) is 0 Å². The maximum Gasteiger partial charge on any atom is 0.337 e. The van der Waals surface area contributed by atoms with E-state index in [0.717, 1.165) is 22.4 Å². The van der Waals surface area contributed by atoms with Crippen LogP contribution in [-0.4, -0.2) is 24.4 Å². The Kier molecular flexibility index (Phi) is 8.13. The third-order valence-corrected chi connectivity index (χ3v) is 4.57. The molecule has 3 aromatic carbocycles. The highest BCUT2D eigenvalue weighted by Gasteiger charge is 2.04. The first-order valence-electron chi connectivity index (χ1n) is 9.65. The van der Waals surface area contributed by atoms with Gasteiger partial charge in [-0.05, 0) is 65.3 Å². The van der Waals surface area contributed by atoms with Gasteiger partial charge < -0.3 is 14.8 Å². The van der Waals surface area contributed by atoms with Gasteiger partial charge in [0.05, 0.1) is 18.9 Å². The van der Waals surface area contributed by atoms with Crippen LogP contribution >= 0.6 is 12.2 Å². The predicted molar refractivity (Wildman–Crippen MR) is 125 cm³/mol. The van der Waals surface area contributed by atoms with Crippen molar-refractivity contribution in [3.8, 4) is 5.75 Å². The lowest BCUT2D eigenvalue weighted by atomic mass is 10.1.